The standard InChI is InChI=1S/C16H36P.C3H6O2S.BrH/c1-5-9-13-17(14-10-6-2,15-11-7-3)16-12-8-4;1-2(6)3(4)5;/h5-16H2,1-4H3;2,6H,1H3,(H,4,5);1H/q+1;;. The predicted octanol–water partition coefficient (Wildman–Crippen LogP) is 7.17. The summed E-state index contributed by atoms with van der Waals surface area (Å²) in [6.45, 7) is 10.9. The fourth-order valence-electron chi connectivity index (χ4n) is 2.64. The molecule has 0 radical (unpaired) electrons. The van der Waals surface area contributed by atoms with E-state index in [2.05, 4.69) is 40.3 Å². The first-order valence-corrected chi connectivity index (χ1v) is 12.7. The second kappa shape index (κ2) is 20.0. The fraction of sp³-hybridized carbons (Fsp3) is 0.947. The molecule has 1 N–H and O–H groups in total. The van der Waals surface area contributed by atoms with E-state index in [4.69, 9.17) is 5.11 Å². The number of carboxylic acid groups (broad SMARTS) is 1. The van der Waals surface area contributed by atoms with Gasteiger partial charge in [0, 0.05) is 7.26 Å². The van der Waals surface area contributed by atoms with Crippen molar-refractivity contribution in [1.82, 2.24) is 0 Å². The summed E-state index contributed by atoms with van der Waals surface area (Å²) in [6, 6.07) is 0. The first kappa shape index (κ1) is 29.5. The van der Waals surface area contributed by atoms with E-state index in [1.54, 1.807) is 24.6 Å². The van der Waals surface area contributed by atoms with E-state index in [-0.39, 0.29) is 17.0 Å². The van der Waals surface area contributed by atoms with Gasteiger partial charge in [0.15, 0.2) is 0 Å². The van der Waals surface area contributed by atoms with Gasteiger partial charge >= 0.3 is 5.97 Å². The van der Waals surface area contributed by atoms with E-state index in [0.717, 1.165) is 0 Å². The Bertz CT molecular complexity index is 239. The molecule has 0 saturated carbocycles. The van der Waals surface area contributed by atoms with Crippen LogP contribution in [0, 0.1) is 0 Å². The van der Waals surface area contributed by atoms with Gasteiger partial charge in [-0.1, -0.05) is 53.4 Å². The van der Waals surface area contributed by atoms with Gasteiger partial charge in [0.25, 0.3) is 0 Å². The van der Waals surface area contributed by atoms with Crippen LogP contribution in [0.2, 0.25) is 0 Å². The van der Waals surface area contributed by atoms with Gasteiger partial charge in [-0.25, -0.2) is 0 Å². The summed E-state index contributed by atoms with van der Waals surface area (Å²) in [5.41, 5.74) is 0. The second-order valence-corrected chi connectivity index (χ2v) is 11.9. The van der Waals surface area contributed by atoms with Crippen molar-refractivity contribution in [1.29, 1.82) is 0 Å². The van der Waals surface area contributed by atoms with E-state index < -0.39 is 18.5 Å². The van der Waals surface area contributed by atoms with Crippen LogP contribution < -0.4 is 0 Å². The average Bonchev–Trinajstić information content (AvgIpc) is 2.54. The Labute approximate surface area is 168 Å². The minimum Gasteiger partial charge on any atom is -0.480 e. The number of rotatable bonds is 13. The van der Waals surface area contributed by atoms with Gasteiger partial charge in [-0.15, -0.1) is 17.0 Å². The Kier molecular flexibility index (Phi) is 24.6. The molecule has 0 bridgehead atoms. The maximum Gasteiger partial charge on any atom is 0.316 e. The molecular weight excluding hydrogens is 403 g/mol. The highest BCUT2D eigenvalue weighted by atomic mass is 79.9. The Hall–Kier alpha value is 0.730. The van der Waals surface area contributed by atoms with Crippen LogP contribution in [0.15, 0.2) is 0 Å². The molecule has 0 aliphatic heterocycles. The van der Waals surface area contributed by atoms with Crippen molar-refractivity contribution < 1.29 is 9.90 Å². The number of unbranched alkanes of at least 4 members (excludes halogenated alkanes) is 4. The van der Waals surface area contributed by atoms with Crippen molar-refractivity contribution in [3.8, 4) is 0 Å². The lowest BCUT2D eigenvalue weighted by molar-refractivity contribution is -0.136. The first-order valence-electron chi connectivity index (χ1n) is 9.65. The summed E-state index contributed by atoms with van der Waals surface area (Å²) in [4.78, 5) is 9.62. The predicted molar refractivity (Wildman–Crippen MR) is 122 cm³/mol. The summed E-state index contributed by atoms with van der Waals surface area (Å²) < 4.78 is 0. The normalized spacial score (nSPS) is 11.9. The Morgan fingerprint density at radius 3 is 1.17 bits per heavy atom. The SMILES string of the molecule is Br.CC(S)C(=O)O.CCCC[P+](CCCC)(CCCC)CCCC. The van der Waals surface area contributed by atoms with Gasteiger partial charge in [-0.3, -0.25) is 4.79 Å². The maximum absolute atomic E-state index is 9.62. The average molecular weight is 446 g/mol. The zero-order chi connectivity index (χ0) is 18.1. The van der Waals surface area contributed by atoms with Crippen LogP contribution in [-0.4, -0.2) is 41.0 Å². The van der Waals surface area contributed by atoms with Gasteiger partial charge in [0.05, 0.1) is 29.9 Å². The zero-order valence-electron chi connectivity index (χ0n) is 16.7. The lowest BCUT2D eigenvalue weighted by Crippen LogP contribution is -2.12. The number of aliphatic carboxylic acids is 1. The molecule has 1 unspecified atom stereocenters. The zero-order valence-corrected chi connectivity index (χ0v) is 20.2. The monoisotopic (exact) mass is 445 g/mol. The van der Waals surface area contributed by atoms with Crippen LogP contribution in [0.5, 0.6) is 0 Å². The molecule has 0 aliphatic carbocycles. The van der Waals surface area contributed by atoms with E-state index in [0.29, 0.717) is 0 Å². The van der Waals surface area contributed by atoms with Crippen LogP contribution in [0.25, 0.3) is 0 Å². The molecule has 2 nitrogen and oxygen atoms in total. The molecule has 0 aromatic carbocycles. The Balaban J connectivity index is -0.000000538. The van der Waals surface area contributed by atoms with Gasteiger partial charge in [-0.05, 0) is 32.6 Å². The van der Waals surface area contributed by atoms with Crippen molar-refractivity contribution >= 4 is 42.8 Å². The largest absolute Gasteiger partial charge is 0.480 e. The molecule has 1 atom stereocenters. The van der Waals surface area contributed by atoms with E-state index in [9.17, 15) is 4.79 Å². The third-order valence-electron chi connectivity index (χ3n) is 4.30. The molecular formula is C19H43BrO2PS+. The van der Waals surface area contributed by atoms with Crippen LogP contribution >= 0.6 is 36.9 Å². The molecule has 0 fully saturated rings. The van der Waals surface area contributed by atoms with Gasteiger partial charge in [0.2, 0.25) is 0 Å². The minimum absolute atomic E-state index is 0. The summed E-state index contributed by atoms with van der Waals surface area (Å²) in [6.07, 6.45) is 17.9. The Morgan fingerprint density at radius 1 is 0.833 bits per heavy atom. The fourth-order valence-corrected chi connectivity index (χ4v) is 7.93. The molecule has 0 aromatic heterocycles. The van der Waals surface area contributed by atoms with Crippen molar-refractivity contribution in [3.63, 3.8) is 0 Å². The van der Waals surface area contributed by atoms with Crippen molar-refractivity contribution in [3.05, 3.63) is 0 Å². The third-order valence-corrected chi connectivity index (χ3v) is 9.58. The lowest BCUT2D eigenvalue weighted by atomic mass is 10.4. The number of hydrogen-bond donors (Lipinski definition) is 2. The number of hydrogen-bond acceptors (Lipinski definition) is 2. The molecule has 24 heavy (non-hydrogen) atoms. The second-order valence-electron chi connectivity index (χ2n) is 6.66. The molecule has 5 heteroatoms. The van der Waals surface area contributed by atoms with E-state index >= 15 is 0 Å². The highest BCUT2D eigenvalue weighted by Crippen LogP contribution is 2.61. The highest BCUT2D eigenvalue weighted by molar-refractivity contribution is 8.93. The van der Waals surface area contributed by atoms with Crippen molar-refractivity contribution in [2.24, 2.45) is 0 Å². The van der Waals surface area contributed by atoms with E-state index in [1.807, 2.05) is 0 Å². The number of carbonyl (C=O) groups is 1. The topological polar surface area (TPSA) is 37.3 Å². The number of carboxylic acids is 1. The molecule has 0 aliphatic rings. The summed E-state index contributed by atoms with van der Waals surface area (Å²) in [7, 11) is -0.562. The summed E-state index contributed by atoms with van der Waals surface area (Å²) >= 11 is 3.59. The smallest absolute Gasteiger partial charge is 0.316 e. The highest BCUT2D eigenvalue weighted by Gasteiger charge is 2.34. The van der Waals surface area contributed by atoms with Crippen molar-refractivity contribution in [2.45, 2.75) is 91.2 Å². The van der Waals surface area contributed by atoms with Crippen molar-refractivity contribution in [2.75, 3.05) is 24.6 Å². The molecule has 0 saturated heterocycles. The van der Waals surface area contributed by atoms with Crippen LogP contribution in [0.1, 0.15) is 86.0 Å². The lowest BCUT2D eigenvalue weighted by Gasteiger charge is -2.28. The van der Waals surface area contributed by atoms with Gasteiger partial charge < -0.3 is 5.11 Å². The molecule has 0 spiro atoms. The van der Waals surface area contributed by atoms with Gasteiger partial charge in [0.1, 0.15) is 0 Å². The summed E-state index contributed by atoms with van der Waals surface area (Å²) in [5.74, 6) is -0.877. The first-order chi connectivity index (χ1) is 10.9. The number of thiol groups is 1. The maximum atomic E-state index is 9.62. The minimum atomic E-state index is -0.877. The van der Waals surface area contributed by atoms with Crippen LogP contribution in [-0.2, 0) is 4.79 Å². The quantitative estimate of drug-likeness (QED) is 0.232. The Morgan fingerprint density at radius 2 is 1.04 bits per heavy atom. The van der Waals surface area contributed by atoms with Gasteiger partial charge in [-0.2, -0.15) is 12.6 Å². The number of halogens is 1. The molecule has 0 rings (SSSR count). The molecule has 0 aromatic rings. The summed E-state index contributed by atoms with van der Waals surface area (Å²) in [5, 5.41) is 7.38. The van der Waals surface area contributed by atoms with E-state index in [1.165, 1.54) is 58.3 Å². The third kappa shape index (κ3) is 17.5. The van der Waals surface area contributed by atoms with Crippen LogP contribution in [0.4, 0.5) is 0 Å². The molecule has 148 valence electrons. The molecule has 0 amide bonds. The molecule has 0 heterocycles. The van der Waals surface area contributed by atoms with Crippen LogP contribution in [0.3, 0.4) is 0 Å².